The van der Waals surface area contributed by atoms with Crippen molar-refractivity contribution in [1.29, 1.82) is 0 Å². The van der Waals surface area contributed by atoms with Crippen molar-refractivity contribution in [3.63, 3.8) is 0 Å². The van der Waals surface area contributed by atoms with Crippen molar-refractivity contribution in [2.45, 2.75) is 31.3 Å². The van der Waals surface area contributed by atoms with Gasteiger partial charge in [0.05, 0.1) is 6.10 Å². The number of alkyl halides is 2. The quantitative estimate of drug-likeness (QED) is 0.698. The van der Waals surface area contributed by atoms with Crippen LogP contribution < -0.4 is 0 Å². The van der Waals surface area contributed by atoms with Crippen molar-refractivity contribution in [2.24, 2.45) is 0 Å². The molecule has 15 heavy (non-hydrogen) atoms. The molecule has 1 atom stereocenters. The van der Waals surface area contributed by atoms with Crippen LogP contribution in [0, 0.1) is 0 Å². The topological polar surface area (TPSA) is 15.7 Å². The van der Waals surface area contributed by atoms with Crippen LogP contribution in [0.25, 0.3) is 0 Å². The molecule has 0 aromatic carbocycles. The third-order valence-electron chi connectivity index (χ3n) is 3.33. The van der Waals surface area contributed by atoms with E-state index in [4.69, 9.17) is 4.74 Å². The van der Waals surface area contributed by atoms with E-state index in [1.54, 1.807) is 7.11 Å². The lowest BCUT2D eigenvalue weighted by Crippen LogP contribution is -2.48. The Morgan fingerprint density at radius 3 is 2.33 bits per heavy atom. The van der Waals surface area contributed by atoms with Crippen LogP contribution in [0.4, 0.5) is 8.78 Å². The molecule has 0 radical (unpaired) electrons. The van der Waals surface area contributed by atoms with E-state index in [2.05, 4.69) is 10.0 Å². The standard InChI is InChI=1S/C10H18F2N2O/c1-15-9-2-5-14(8-9)13-6-3-10(11,12)4-7-13/h9H,2-8H2,1H3. The maximum atomic E-state index is 12.9. The maximum absolute atomic E-state index is 12.9. The van der Waals surface area contributed by atoms with Crippen molar-refractivity contribution in [3.05, 3.63) is 0 Å². The average molecular weight is 220 g/mol. The minimum Gasteiger partial charge on any atom is -0.380 e. The molecule has 2 aliphatic heterocycles. The average Bonchev–Trinajstić information content (AvgIpc) is 2.66. The monoisotopic (exact) mass is 220 g/mol. The van der Waals surface area contributed by atoms with E-state index in [9.17, 15) is 8.78 Å². The van der Waals surface area contributed by atoms with Crippen LogP contribution in [-0.2, 0) is 4.74 Å². The van der Waals surface area contributed by atoms with Crippen molar-refractivity contribution in [1.82, 2.24) is 10.0 Å². The van der Waals surface area contributed by atoms with Crippen LogP contribution in [0.3, 0.4) is 0 Å². The highest BCUT2D eigenvalue weighted by Crippen LogP contribution is 2.29. The second-order valence-electron chi connectivity index (χ2n) is 4.37. The Labute approximate surface area is 88.9 Å². The number of piperidine rings is 1. The lowest BCUT2D eigenvalue weighted by atomic mass is 10.1. The van der Waals surface area contributed by atoms with E-state index in [0.29, 0.717) is 13.1 Å². The van der Waals surface area contributed by atoms with Gasteiger partial charge in [0.2, 0.25) is 0 Å². The molecule has 0 bridgehead atoms. The number of ether oxygens (including phenoxy) is 1. The van der Waals surface area contributed by atoms with Gasteiger partial charge in [-0.05, 0) is 6.42 Å². The zero-order valence-electron chi connectivity index (χ0n) is 9.09. The number of hydrogen-bond acceptors (Lipinski definition) is 3. The first kappa shape index (κ1) is 11.2. The van der Waals surface area contributed by atoms with Gasteiger partial charge in [-0.2, -0.15) is 0 Å². The van der Waals surface area contributed by atoms with E-state index in [-0.39, 0.29) is 18.9 Å². The molecule has 0 saturated carbocycles. The van der Waals surface area contributed by atoms with Crippen molar-refractivity contribution in [3.8, 4) is 0 Å². The van der Waals surface area contributed by atoms with E-state index in [0.717, 1.165) is 19.5 Å². The molecule has 88 valence electrons. The van der Waals surface area contributed by atoms with Crippen LogP contribution in [0.5, 0.6) is 0 Å². The third kappa shape index (κ3) is 2.65. The van der Waals surface area contributed by atoms with E-state index < -0.39 is 5.92 Å². The fraction of sp³-hybridized carbons (Fsp3) is 1.00. The second-order valence-corrected chi connectivity index (χ2v) is 4.37. The summed E-state index contributed by atoms with van der Waals surface area (Å²) < 4.78 is 31.1. The Bertz CT molecular complexity index is 215. The summed E-state index contributed by atoms with van der Waals surface area (Å²) in [6.45, 7) is 2.74. The molecule has 0 aromatic heterocycles. The molecule has 1 unspecified atom stereocenters. The number of halogens is 2. The van der Waals surface area contributed by atoms with Crippen LogP contribution in [0.15, 0.2) is 0 Å². The Kier molecular flexibility index (Phi) is 3.23. The van der Waals surface area contributed by atoms with E-state index in [1.165, 1.54) is 0 Å². The van der Waals surface area contributed by atoms with Gasteiger partial charge in [0, 0.05) is 46.1 Å². The van der Waals surface area contributed by atoms with Crippen LogP contribution in [0.1, 0.15) is 19.3 Å². The number of hydrazine groups is 1. The van der Waals surface area contributed by atoms with Gasteiger partial charge >= 0.3 is 0 Å². The Hall–Kier alpha value is -0.260. The molecule has 2 rings (SSSR count). The molecular formula is C10H18F2N2O. The van der Waals surface area contributed by atoms with Gasteiger partial charge in [0.15, 0.2) is 0 Å². The predicted molar refractivity (Wildman–Crippen MR) is 52.7 cm³/mol. The summed E-state index contributed by atoms with van der Waals surface area (Å²) in [5.41, 5.74) is 0. The van der Waals surface area contributed by atoms with Crippen LogP contribution in [-0.4, -0.2) is 55.3 Å². The first-order valence-electron chi connectivity index (χ1n) is 5.51. The number of hydrogen-bond donors (Lipinski definition) is 0. The van der Waals surface area contributed by atoms with Gasteiger partial charge in [-0.1, -0.05) is 0 Å². The fourth-order valence-corrected chi connectivity index (χ4v) is 2.26. The maximum Gasteiger partial charge on any atom is 0.250 e. The number of rotatable bonds is 2. The van der Waals surface area contributed by atoms with Gasteiger partial charge in [-0.15, -0.1) is 0 Å². The SMILES string of the molecule is COC1CCN(N2CCC(F)(F)CC2)C1. The second kappa shape index (κ2) is 4.31. The molecule has 2 saturated heterocycles. The predicted octanol–water partition coefficient (Wildman–Crippen LogP) is 1.35. The lowest BCUT2D eigenvalue weighted by Gasteiger charge is -2.37. The fourth-order valence-electron chi connectivity index (χ4n) is 2.26. The van der Waals surface area contributed by atoms with Crippen molar-refractivity contribution in [2.75, 3.05) is 33.3 Å². The van der Waals surface area contributed by atoms with Gasteiger partial charge in [-0.25, -0.2) is 18.8 Å². The Balaban J connectivity index is 1.81. The highest BCUT2D eigenvalue weighted by atomic mass is 19.3. The summed E-state index contributed by atoms with van der Waals surface area (Å²) in [7, 11) is 1.71. The summed E-state index contributed by atoms with van der Waals surface area (Å²) in [6, 6.07) is 0. The molecule has 2 aliphatic rings. The molecule has 2 heterocycles. The number of nitrogens with zero attached hydrogens (tertiary/aromatic N) is 2. The molecule has 3 nitrogen and oxygen atoms in total. The Morgan fingerprint density at radius 1 is 1.13 bits per heavy atom. The molecular weight excluding hydrogens is 202 g/mol. The largest absolute Gasteiger partial charge is 0.380 e. The van der Waals surface area contributed by atoms with Gasteiger partial charge in [0.25, 0.3) is 5.92 Å². The van der Waals surface area contributed by atoms with E-state index >= 15 is 0 Å². The molecule has 0 spiro atoms. The normalized spacial score (nSPS) is 33.4. The lowest BCUT2D eigenvalue weighted by molar-refractivity contribution is -0.113. The minimum absolute atomic E-state index is 0.0127. The summed E-state index contributed by atoms with van der Waals surface area (Å²) >= 11 is 0. The molecule has 0 amide bonds. The number of methoxy groups -OCH3 is 1. The molecule has 0 N–H and O–H groups in total. The van der Waals surface area contributed by atoms with Crippen LogP contribution >= 0.6 is 0 Å². The van der Waals surface area contributed by atoms with Gasteiger partial charge in [-0.3, -0.25) is 0 Å². The summed E-state index contributed by atoms with van der Waals surface area (Å²) in [5.74, 6) is -2.45. The summed E-state index contributed by atoms with van der Waals surface area (Å²) in [4.78, 5) is 0. The smallest absolute Gasteiger partial charge is 0.250 e. The highest BCUT2D eigenvalue weighted by molar-refractivity contribution is 4.80. The first-order chi connectivity index (χ1) is 7.11. The zero-order valence-corrected chi connectivity index (χ0v) is 9.09. The highest BCUT2D eigenvalue weighted by Gasteiger charge is 2.37. The van der Waals surface area contributed by atoms with E-state index in [1.807, 2.05) is 0 Å². The van der Waals surface area contributed by atoms with Crippen molar-refractivity contribution >= 4 is 0 Å². The zero-order chi connectivity index (χ0) is 10.9. The third-order valence-corrected chi connectivity index (χ3v) is 3.33. The van der Waals surface area contributed by atoms with Crippen LogP contribution in [0.2, 0.25) is 0 Å². The summed E-state index contributed by atoms with van der Waals surface area (Å²) in [6.07, 6.45) is 1.25. The first-order valence-corrected chi connectivity index (χ1v) is 5.51. The van der Waals surface area contributed by atoms with Gasteiger partial charge in [0.1, 0.15) is 0 Å². The molecule has 2 fully saturated rings. The summed E-state index contributed by atoms with van der Waals surface area (Å²) in [5, 5.41) is 4.21. The minimum atomic E-state index is -2.45. The Morgan fingerprint density at radius 2 is 1.80 bits per heavy atom. The molecule has 5 heteroatoms. The van der Waals surface area contributed by atoms with Gasteiger partial charge < -0.3 is 4.74 Å². The van der Waals surface area contributed by atoms with Crippen molar-refractivity contribution < 1.29 is 13.5 Å². The molecule has 0 aliphatic carbocycles. The molecule has 0 aromatic rings.